The number of amides is 2. The van der Waals surface area contributed by atoms with Crippen LogP contribution in [0.5, 0.6) is 0 Å². The topological polar surface area (TPSA) is 66.2 Å². The lowest BCUT2D eigenvalue weighted by atomic mass is 9.92. The van der Waals surface area contributed by atoms with Crippen molar-refractivity contribution < 1.29 is 18.7 Å². The van der Waals surface area contributed by atoms with Gasteiger partial charge in [0.05, 0.1) is 31.0 Å². The number of carbonyl (C=O) groups is 2. The number of rotatable bonds is 3. The first kappa shape index (κ1) is 19.5. The van der Waals surface area contributed by atoms with Gasteiger partial charge in [0.1, 0.15) is 5.76 Å². The average molecular weight is 389 g/mol. The number of morpholine rings is 1. The van der Waals surface area contributed by atoms with E-state index in [1.54, 1.807) is 12.3 Å². The molecule has 3 saturated heterocycles. The summed E-state index contributed by atoms with van der Waals surface area (Å²) in [5.74, 6) is 1.17. The predicted octanol–water partition coefficient (Wildman–Crippen LogP) is 1.76. The van der Waals surface area contributed by atoms with Crippen molar-refractivity contribution in [3.63, 3.8) is 0 Å². The minimum absolute atomic E-state index is 0.0729. The van der Waals surface area contributed by atoms with E-state index < -0.39 is 0 Å². The monoisotopic (exact) mass is 389 g/mol. The first-order valence-corrected chi connectivity index (χ1v) is 10.6. The summed E-state index contributed by atoms with van der Waals surface area (Å²) < 4.78 is 10.7. The molecule has 7 heteroatoms. The highest BCUT2D eigenvalue weighted by Crippen LogP contribution is 2.26. The molecule has 3 aliphatic rings. The van der Waals surface area contributed by atoms with E-state index in [-0.39, 0.29) is 11.8 Å². The van der Waals surface area contributed by atoms with Crippen LogP contribution < -0.4 is 0 Å². The fourth-order valence-electron chi connectivity index (χ4n) is 4.79. The van der Waals surface area contributed by atoms with Crippen LogP contribution in [0.2, 0.25) is 0 Å². The van der Waals surface area contributed by atoms with Crippen LogP contribution in [0.1, 0.15) is 41.8 Å². The number of ether oxygens (including phenoxy) is 1. The van der Waals surface area contributed by atoms with Crippen LogP contribution in [0.4, 0.5) is 0 Å². The van der Waals surface area contributed by atoms with E-state index >= 15 is 0 Å². The van der Waals surface area contributed by atoms with E-state index in [4.69, 9.17) is 9.15 Å². The highest BCUT2D eigenvalue weighted by Gasteiger charge is 2.34. The Bertz CT molecular complexity index is 690. The van der Waals surface area contributed by atoms with E-state index in [2.05, 4.69) is 4.90 Å². The fraction of sp³-hybridized carbons (Fsp3) is 0.714. The van der Waals surface area contributed by atoms with Crippen molar-refractivity contribution >= 4 is 11.8 Å². The maximum absolute atomic E-state index is 12.9. The zero-order valence-electron chi connectivity index (χ0n) is 16.8. The van der Waals surface area contributed by atoms with Crippen molar-refractivity contribution in [2.45, 2.75) is 38.6 Å². The number of hydrogen-bond acceptors (Lipinski definition) is 5. The second-order valence-corrected chi connectivity index (χ2v) is 8.19. The molecule has 28 heavy (non-hydrogen) atoms. The smallest absolute Gasteiger partial charge is 0.257 e. The average Bonchev–Trinajstić information content (AvgIpc) is 3.19. The molecule has 0 radical (unpaired) electrons. The lowest BCUT2D eigenvalue weighted by Crippen LogP contribution is -2.53. The molecular weight excluding hydrogens is 358 g/mol. The van der Waals surface area contributed by atoms with E-state index in [9.17, 15) is 9.59 Å². The van der Waals surface area contributed by atoms with Crippen LogP contribution in [0.3, 0.4) is 0 Å². The summed E-state index contributed by atoms with van der Waals surface area (Å²) in [5, 5.41) is 0. The quantitative estimate of drug-likeness (QED) is 0.788. The number of carbonyl (C=O) groups excluding carboxylic acids is 2. The van der Waals surface area contributed by atoms with E-state index in [0.29, 0.717) is 36.5 Å². The van der Waals surface area contributed by atoms with Crippen molar-refractivity contribution in [1.29, 1.82) is 0 Å². The minimum Gasteiger partial charge on any atom is -0.469 e. The molecule has 1 atom stereocenters. The first-order valence-electron chi connectivity index (χ1n) is 10.6. The molecule has 4 rings (SSSR count). The standard InChI is InChI=1S/C21H31N3O4/c1-16-19(6-12-28-16)21(26)22-8-4-18(5-9-22)24-7-2-3-17(15-24)20(25)23-10-13-27-14-11-23/h6,12,17-18H,2-5,7-11,13-15H2,1H3. The van der Waals surface area contributed by atoms with Crippen LogP contribution in [0, 0.1) is 12.8 Å². The van der Waals surface area contributed by atoms with Crippen molar-refractivity contribution in [3.05, 3.63) is 23.7 Å². The molecule has 2 amide bonds. The third-order valence-electron chi connectivity index (χ3n) is 6.48. The van der Waals surface area contributed by atoms with Crippen molar-refractivity contribution in [1.82, 2.24) is 14.7 Å². The van der Waals surface area contributed by atoms with Crippen LogP contribution in [-0.2, 0) is 9.53 Å². The lowest BCUT2D eigenvalue weighted by molar-refractivity contribution is -0.141. The molecule has 0 spiro atoms. The second kappa shape index (κ2) is 8.66. The summed E-state index contributed by atoms with van der Waals surface area (Å²) in [5.41, 5.74) is 0.674. The van der Waals surface area contributed by atoms with Crippen molar-refractivity contribution in [3.8, 4) is 0 Å². The van der Waals surface area contributed by atoms with E-state index in [0.717, 1.165) is 65.0 Å². The molecule has 7 nitrogen and oxygen atoms in total. The van der Waals surface area contributed by atoms with Gasteiger partial charge in [0.25, 0.3) is 5.91 Å². The van der Waals surface area contributed by atoms with Crippen LogP contribution in [-0.4, -0.2) is 85.0 Å². The number of furan rings is 1. The molecule has 3 aliphatic heterocycles. The lowest BCUT2D eigenvalue weighted by Gasteiger charge is -2.43. The van der Waals surface area contributed by atoms with Gasteiger partial charge in [-0.1, -0.05) is 0 Å². The van der Waals surface area contributed by atoms with Gasteiger partial charge in [-0.3, -0.25) is 14.5 Å². The van der Waals surface area contributed by atoms with Gasteiger partial charge < -0.3 is 19.0 Å². The maximum atomic E-state index is 12.9. The zero-order valence-corrected chi connectivity index (χ0v) is 16.8. The predicted molar refractivity (Wildman–Crippen MR) is 104 cm³/mol. The fourth-order valence-corrected chi connectivity index (χ4v) is 4.79. The summed E-state index contributed by atoms with van der Waals surface area (Å²) in [6, 6.07) is 2.23. The number of likely N-dealkylation sites (tertiary alicyclic amines) is 2. The zero-order chi connectivity index (χ0) is 19.5. The van der Waals surface area contributed by atoms with Gasteiger partial charge in [0.2, 0.25) is 5.91 Å². The number of hydrogen-bond donors (Lipinski definition) is 0. The number of nitrogens with zero attached hydrogens (tertiary/aromatic N) is 3. The normalized spacial score (nSPS) is 25.1. The molecule has 0 N–H and O–H groups in total. The van der Waals surface area contributed by atoms with Gasteiger partial charge in [0.15, 0.2) is 0 Å². The Balaban J connectivity index is 1.30. The number of aryl methyl sites for hydroxylation is 1. The molecule has 1 aromatic rings. The van der Waals surface area contributed by atoms with Gasteiger partial charge in [-0.25, -0.2) is 0 Å². The molecule has 1 aromatic heterocycles. The summed E-state index contributed by atoms with van der Waals surface area (Å²) in [4.78, 5) is 32.0. The first-order chi connectivity index (χ1) is 13.6. The maximum Gasteiger partial charge on any atom is 0.257 e. The Morgan fingerprint density at radius 1 is 1.00 bits per heavy atom. The molecular formula is C21H31N3O4. The summed E-state index contributed by atoms with van der Waals surface area (Å²) in [6.07, 6.45) is 5.59. The largest absolute Gasteiger partial charge is 0.469 e. The summed E-state index contributed by atoms with van der Waals surface area (Å²) in [6.45, 7) is 8.06. The van der Waals surface area contributed by atoms with Gasteiger partial charge in [-0.15, -0.1) is 0 Å². The molecule has 4 heterocycles. The minimum atomic E-state index is 0.0729. The van der Waals surface area contributed by atoms with Gasteiger partial charge >= 0.3 is 0 Å². The van der Waals surface area contributed by atoms with Crippen LogP contribution in [0.25, 0.3) is 0 Å². The van der Waals surface area contributed by atoms with Crippen molar-refractivity contribution in [2.24, 2.45) is 5.92 Å². The van der Waals surface area contributed by atoms with E-state index in [1.165, 1.54) is 0 Å². The molecule has 0 bridgehead atoms. The molecule has 154 valence electrons. The Hall–Kier alpha value is -1.86. The molecule has 0 saturated carbocycles. The third kappa shape index (κ3) is 4.10. The molecule has 0 aromatic carbocycles. The Labute approximate surface area is 166 Å². The Morgan fingerprint density at radius 3 is 2.43 bits per heavy atom. The third-order valence-corrected chi connectivity index (χ3v) is 6.48. The molecule has 3 fully saturated rings. The van der Waals surface area contributed by atoms with Crippen LogP contribution >= 0.6 is 0 Å². The van der Waals surface area contributed by atoms with Gasteiger partial charge in [-0.2, -0.15) is 0 Å². The summed E-state index contributed by atoms with van der Waals surface area (Å²) >= 11 is 0. The SMILES string of the molecule is Cc1occc1C(=O)N1CCC(N2CCCC(C(=O)N3CCOCC3)C2)CC1. The van der Waals surface area contributed by atoms with Gasteiger partial charge in [0, 0.05) is 38.8 Å². The van der Waals surface area contributed by atoms with E-state index in [1.807, 2.05) is 16.7 Å². The highest BCUT2D eigenvalue weighted by atomic mass is 16.5. The summed E-state index contributed by atoms with van der Waals surface area (Å²) in [7, 11) is 0. The molecule has 1 unspecified atom stereocenters. The van der Waals surface area contributed by atoms with Crippen LogP contribution in [0.15, 0.2) is 16.7 Å². The number of piperidine rings is 2. The second-order valence-electron chi connectivity index (χ2n) is 8.19. The molecule has 0 aliphatic carbocycles. The van der Waals surface area contributed by atoms with Crippen molar-refractivity contribution in [2.75, 3.05) is 52.5 Å². The Morgan fingerprint density at radius 2 is 1.75 bits per heavy atom. The Kier molecular flexibility index (Phi) is 6.01. The highest BCUT2D eigenvalue weighted by molar-refractivity contribution is 5.95. The van der Waals surface area contributed by atoms with Gasteiger partial charge in [-0.05, 0) is 45.2 Å².